The lowest BCUT2D eigenvalue weighted by Crippen LogP contribution is -1.72. The highest BCUT2D eigenvalue weighted by Crippen LogP contribution is 2.19. The maximum Gasteiger partial charge on any atom is 0.149 e. The van der Waals surface area contributed by atoms with Gasteiger partial charge in [0.15, 0.2) is 0 Å². The summed E-state index contributed by atoms with van der Waals surface area (Å²) in [6.07, 6.45) is 2.54. The first-order valence-corrected chi connectivity index (χ1v) is 4.52. The van der Waals surface area contributed by atoms with Crippen LogP contribution in [0.4, 0.5) is 0 Å². The maximum atomic E-state index is 5.30. The zero-order valence-electron chi connectivity index (χ0n) is 4.91. The molecule has 3 heteroatoms. The van der Waals surface area contributed by atoms with Gasteiger partial charge in [0.05, 0.1) is 0 Å². The molecule has 0 aliphatic heterocycles. The highest BCUT2D eigenvalue weighted by atomic mass is 32.2. The van der Waals surface area contributed by atoms with E-state index in [0.717, 1.165) is 16.5 Å². The van der Waals surface area contributed by atoms with Gasteiger partial charge in [0.25, 0.3) is 0 Å². The molecule has 1 heterocycles. The van der Waals surface area contributed by atoms with Gasteiger partial charge in [0.1, 0.15) is 4.34 Å². The van der Waals surface area contributed by atoms with Crippen LogP contribution in [-0.2, 0) is 0 Å². The molecule has 0 unspecified atom stereocenters. The van der Waals surface area contributed by atoms with Gasteiger partial charge in [-0.1, -0.05) is 11.8 Å². The van der Waals surface area contributed by atoms with Crippen LogP contribution in [0, 0.1) is 6.92 Å². The minimum Gasteiger partial charge on any atom is -0.238 e. The summed E-state index contributed by atoms with van der Waals surface area (Å²) in [5.41, 5.74) is 0. The van der Waals surface area contributed by atoms with E-state index < -0.39 is 0 Å². The van der Waals surface area contributed by atoms with Crippen LogP contribution in [0.25, 0.3) is 0 Å². The zero-order chi connectivity index (χ0) is 6.53. The molecule has 1 aromatic rings. The second kappa shape index (κ2) is 3.90. The molecule has 0 aliphatic rings. The number of rotatable bonds is 3. The summed E-state index contributed by atoms with van der Waals surface area (Å²) in [7, 11) is 0. The van der Waals surface area contributed by atoms with Crippen LogP contribution >= 0.6 is 23.1 Å². The molecule has 1 rings (SSSR count). The summed E-state index contributed by atoms with van der Waals surface area (Å²) >= 11 is 3.37. The van der Waals surface area contributed by atoms with Crippen molar-refractivity contribution >= 4 is 23.1 Å². The second-order valence-corrected chi connectivity index (χ2v) is 3.67. The molecule has 0 aromatic carbocycles. The molecule has 0 amide bonds. The predicted octanol–water partition coefficient (Wildman–Crippen LogP) is 2.34. The topological polar surface area (TPSA) is 12.9 Å². The average molecular weight is 157 g/mol. The molecule has 1 aromatic heterocycles. The third-order valence-electron chi connectivity index (χ3n) is 0.753. The van der Waals surface area contributed by atoms with Crippen molar-refractivity contribution in [1.82, 2.24) is 4.98 Å². The zero-order valence-corrected chi connectivity index (χ0v) is 6.54. The molecule has 2 radical (unpaired) electrons. The van der Waals surface area contributed by atoms with Crippen molar-refractivity contribution in [1.29, 1.82) is 0 Å². The Kier molecular flexibility index (Phi) is 3.08. The first kappa shape index (κ1) is 7.09. The Hall–Kier alpha value is -0.0200. The summed E-state index contributed by atoms with van der Waals surface area (Å²) < 4.78 is 1.11. The lowest BCUT2D eigenvalue weighted by molar-refractivity contribution is 1.21. The van der Waals surface area contributed by atoms with Crippen LogP contribution in [0.1, 0.15) is 6.42 Å². The highest BCUT2D eigenvalue weighted by Gasteiger charge is 1.91. The number of aromatic nitrogens is 1. The number of thiazole rings is 1. The van der Waals surface area contributed by atoms with E-state index in [1.54, 1.807) is 23.1 Å². The molecule has 0 N–H and O–H groups in total. The largest absolute Gasteiger partial charge is 0.238 e. The summed E-state index contributed by atoms with van der Waals surface area (Å²) in [5.74, 6) is 0.966. The molecule has 0 spiro atoms. The van der Waals surface area contributed by atoms with E-state index in [1.165, 1.54) is 0 Å². The minimum absolute atomic E-state index is 0.726. The molecule has 0 fully saturated rings. The van der Waals surface area contributed by atoms with E-state index in [2.05, 4.69) is 4.98 Å². The Balaban J connectivity index is 2.30. The predicted molar refractivity (Wildman–Crippen MR) is 41.8 cm³/mol. The van der Waals surface area contributed by atoms with Crippen molar-refractivity contribution < 1.29 is 0 Å². The maximum absolute atomic E-state index is 5.30. The standard InChI is InChI=1S/C6H7NS2/c1-2-4-8-6-7-3-5-9-6/h1,3,5H,2,4H2. The quantitative estimate of drug-likeness (QED) is 0.625. The van der Waals surface area contributed by atoms with Gasteiger partial charge in [-0.3, -0.25) is 0 Å². The molecule has 0 atom stereocenters. The molecular weight excluding hydrogens is 150 g/mol. The molecule has 0 bridgehead atoms. The summed E-state index contributed by atoms with van der Waals surface area (Å²) in [5, 5.41) is 1.97. The Morgan fingerprint density at radius 2 is 2.67 bits per heavy atom. The van der Waals surface area contributed by atoms with Gasteiger partial charge in [0.2, 0.25) is 0 Å². The van der Waals surface area contributed by atoms with E-state index in [0.29, 0.717) is 0 Å². The fourth-order valence-electron chi connectivity index (χ4n) is 0.428. The van der Waals surface area contributed by atoms with E-state index in [-0.39, 0.29) is 0 Å². The van der Waals surface area contributed by atoms with Crippen molar-refractivity contribution in [3.05, 3.63) is 18.5 Å². The normalized spacial score (nSPS) is 9.89. The van der Waals surface area contributed by atoms with Gasteiger partial charge in [0, 0.05) is 17.3 Å². The Bertz CT molecular complexity index is 148. The van der Waals surface area contributed by atoms with E-state index in [4.69, 9.17) is 6.92 Å². The molecule has 0 saturated carbocycles. The van der Waals surface area contributed by atoms with Crippen LogP contribution in [0.5, 0.6) is 0 Å². The summed E-state index contributed by atoms with van der Waals surface area (Å²) in [4.78, 5) is 4.08. The Morgan fingerprint density at radius 1 is 1.78 bits per heavy atom. The van der Waals surface area contributed by atoms with Gasteiger partial charge < -0.3 is 0 Å². The van der Waals surface area contributed by atoms with Crippen molar-refractivity contribution in [3.63, 3.8) is 0 Å². The van der Waals surface area contributed by atoms with Crippen LogP contribution in [-0.4, -0.2) is 10.7 Å². The van der Waals surface area contributed by atoms with E-state index in [1.807, 2.05) is 11.6 Å². The summed E-state index contributed by atoms with van der Waals surface area (Å²) in [6.45, 7) is 5.30. The molecule has 48 valence electrons. The molecule has 0 aliphatic carbocycles. The van der Waals surface area contributed by atoms with Gasteiger partial charge >= 0.3 is 0 Å². The Morgan fingerprint density at radius 3 is 3.22 bits per heavy atom. The van der Waals surface area contributed by atoms with E-state index in [9.17, 15) is 0 Å². The van der Waals surface area contributed by atoms with Gasteiger partial charge in [-0.05, 0) is 13.3 Å². The molecule has 1 nitrogen and oxygen atoms in total. The Labute approximate surface area is 63.5 Å². The van der Waals surface area contributed by atoms with E-state index >= 15 is 0 Å². The van der Waals surface area contributed by atoms with Crippen LogP contribution in [0.15, 0.2) is 15.9 Å². The van der Waals surface area contributed by atoms with Crippen LogP contribution in [0.3, 0.4) is 0 Å². The number of nitrogens with zero attached hydrogens (tertiary/aromatic N) is 1. The van der Waals surface area contributed by atoms with Gasteiger partial charge in [-0.15, -0.1) is 11.3 Å². The molecule has 0 saturated heterocycles. The average Bonchev–Trinajstić information content (AvgIpc) is 2.34. The van der Waals surface area contributed by atoms with Gasteiger partial charge in [-0.2, -0.15) is 0 Å². The second-order valence-electron chi connectivity index (χ2n) is 1.44. The van der Waals surface area contributed by atoms with Crippen molar-refractivity contribution in [3.8, 4) is 0 Å². The first-order valence-electron chi connectivity index (χ1n) is 2.66. The fraction of sp³-hybridized carbons (Fsp3) is 0.333. The third-order valence-corrected chi connectivity index (χ3v) is 2.75. The number of hydrogen-bond acceptors (Lipinski definition) is 3. The first-order chi connectivity index (χ1) is 4.43. The smallest absolute Gasteiger partial charge is 0.149 e. The lowest BCUT2D eigenvalue weighted by Gasteiger charge is -1.88. The van der Waals surface area contributed by atoms with Gasteiger partial charge in [-0.25, -0.2) is 4.98 Å². The van der Waals surface area contributed by atoms with Crippen LogP contribution < -0.4 is 0 Å². The lowest BCUT2D eigenvalue weighted by atomic mass is 10.6. The fourth-order valence-corrected chi connectivity index (χ4v) is 1.90. The monoisotopic (exact) mass is 157 g/mol. The molecule has 9 heavy (non-hydrogen) atoms. The highest BCUT2D eigenvalue weighted by molar-refractivity contribution is 8.00. The third kappa shape index (κ3) is 2.37. The van der Waals surface area contributed by atoms with Crippen LogP contribution in [0.2, 0.25) is 0 Å². The number of thioether (sulfide) groups is 1. The number of hydrogen-bond donors (Lipinski definition) is 0. The minimum atomic E-state index is 0.726. The van der Waals surface area contributed by atoms with Crippen molar-refractivity contribution in [2.24, 2.45) is 0 Å². The van der Waals surface area contributed by atoms with Crippen molar-refractivity contribution in [2.75, 3.05) is 5.75 Å². The van der Waals surface area contributed by atoms with Crippen molar-refractivity contribution in [2.45, 2.75) is 10.8 Å². The molecular formula is C6H7NS2. The SMILES string of the molecule is [CH]CCSc1nccs1. The summed E-state index contributed by atoms with van der Waals surface area (Å²) in [6, 6.07) is 0.